The van der Waals surface area contributed by atoms with Crippen molar-refractivity contribution in [1.29, 1.82) is 0 Å². The highest BCUT2D eigenvalue weighted by atomic mass is 19.3. The summed E-state index contributed by atoms with van der Waals surface area (Å²) in [5.41, 5.74) is 0.743. The molecular formula is C17H26F2N4O. The Bertz CT molecular complexity index is 589. The summed E-state index contributed by atoms with van der Waals surface area (Å²) in [6.07, 6.45) is 1.23. The van der Waals surface area contributed by atoms with Crippen molar-refractivity contribution >= 4 is 11.7 Å². The zero-order chi connectivity index (χ0) is 17.3. The van der Waals surface area contributed by atoms with E-state index in [1.807, 2.05) is 24.8 Å². The summed E-state index contributed by atoms with van der Waals surface area (Å²) in [6, 6.07) is 0.899. The van der Waals surface area contributed by atoms with E-state index in [9.17, 15) is 13.6 Å². The zero-order valence-electron chi connectivity index (χ0n) is 14.3. The van der Waals surface area contributed by atoms with Crippen molar-refractivity contribution in [3.8, 4) is 0 Å². The van der Waals surface area contributed by atoms with Crippen LogP contribution in [0.25, 0.3) is 0 Å². The summed E-state index contributed by atoms with van der Waals surface area (Å²) < 4.78 is 28.4. The maximum Gasteiger partial charge on any atom is 0.260 e. The van der Waals surface area contributed by atoms with E-state index in [1.54, 1.807) is 0 Å². The molecule has 0 bridgehead atoms. The highest BCUT2D eigenvalue weighted by Crippen LogP contribution is 2.36. The van der Waals surface area contributed by atoms with Gasteiger partial charge in [0.15, 0.2) is 0 Å². The van der Waals surface area contributed by atoms with Gasteiger partial charge in [-0.05, 0) is 38.5 Å². The first-order chi connectivity index (χ1) is 11.5. The summed E-state index contributed by atoms with van der Waals surface area (Å²) >= 11 is 0. The molecule has 24 heavy (non-hydrogen) atoms. The molecule has 0 radical (unpaired) electrons. The van der Waals surface area contributed by atoms with Crippen molar-refractivity contribution in [2.75, 3.05) is 18.4 Å². The summed E-state index contributed by atoms with van der Waals surface area (Å²) in [5, 5.41) is 7.60. The van der Waals surface area contributed by atoms with Crippen LogP contribution in [-0.2, 0) is 4.79 Å². The lowest BCUT2D eigenvalue weighted by molar-refractivity contribution is -0.133. The number of halogens is 2. The Morgan fingerprint density at radius 3 is 3.00 bits per heavy atom. The highest BCUT2D eigenvalue weighted by molar-refractivity contribution is 5.76. The molecule has 5 nitrogen and oxygen atoms in total. The SMILES string of the molecule is CCCC(=O)N1CCC[C@@H]([C@@H]2C[C@H](C(F)F)n3nc(C)cc3N2)C1. The molecule has 3 rings (SSSR count). The predicted molar refractivity (Wildman–Crippen MR) is 88.2 cm³/mol. The molecule has 2 aliphatic heterocycles. The maximum absolute atomic E-state index is 13.5. The minimum atomic E-state index is -2.44. The Morgan fingerprint density at radius 1 is 1.50 bits per heavy atom. The van der Waals surface area contributed by atoms with Crippen LogP contribution in [0.3, 0.4) is 0 Å². The molecule has 1 aromatic heterocycles. The van der Waals surface area contributed by atoms with E-state index in [0.29, 0.717) is 25.2 Å². The van der Waals surface area contributed by atoms with Crippen molar-refractivity contribution in [2.24, 2.45) is 5.92 Å². The third-order valence-electron chi connectivity index (χ3n) is 5.14. The summed E-state index contributed by atoms with van der Waals surface area (Å²) in [4.78, 5) is 14.1. The van der Waals surface area contributed by atoms with Crippen LogP contribution >= 0.6 is 0 Å². The lowest BCUT2D eigenvalue weighted by atomic mass is 9.86. The zero-order valence-corrected chi connectivity index (χ0v) is 14.3. The van der Waals surface area contributed by atoms with Gasteiger partial charge in [-0.1, -0.05) is 6.92 Å². The van der Waals surface area contributed by atoms with Crippen molar-refractivity contribution in [3.63, 3.8) is 0 Å². The molecule has 1 amide bonds. The number of nitrogens with one attached hydrogen (secondary N) is 1. The third-order valence-corrected chi connectivity index (χ3v) is 5.14. The summed E-state index contributed by atoms with van der Waals surface area (Å²) in [6.45, 7) is 5.27. The number of likely N-dealkylation sites (tertiary alicyclic amines) is 1. The van der Waals surface area contributed by atoms with Crippen LogP contribution in [-0.4, -0.2) is 46.1 Å². The fraction of sp³-hybridized carbons (Fsp3) is 0.765. The van der Waals surface area contributed by atoms with Crippen LogP contribution in [0.5, 0.6) is 0 Å². The number of anilines is 1. The van der Waals surface area contributed by atoms with E-state index in [-0.39, 0.29) is 17.9 Å². The number of amides is 1. The number of carbonyl (C=O) groups is 1. The molecule has 0 aromatic carbocycles. The second-order valence-electron chi connectivity index (χ2n) is 7.00. The molecule has 1 saturated heterocycles. The lowest BCUT2D eigenvalue weighted by Gasteiger charge is -2.41. The molecule has 0 unspecified atom stereocenters. The largest absolute Gasteiger partial charge is 0.367 e. The second-order valence-corrected chi connectivity index (χ2v) is 7.00. The summed E-state index contributed by atoms with van der Waals surface area (Å²) in [5.74, 6) is 1.07. The van der Waals surface area contributed by atoms with Gasteiger partial charge >= 0.3 is 0 Å². The Kier molecular flexibility index (Phi) is 5.06. The predicted octanol–water partition coefficient (Wildman–Crippen LogP) is 3.22. The molecule has 0 aliphatic carbocycles. The summed E-state index contributed by atoms with van der Waals surface area (Å²) in [7, 11) is 0. The van der Waals surface area contributed by atoms with Gasteiger partial charge in [-0.15, -0.1) is 0 Å². The number of alkyl halides is 2. The standard InChI is InChI=1S/C17H26F2N4O/c1-3-5-16(24)22-7-4-6-12(10-22)13-9-14(17(18)19)23-15(20-13)8-11(2)21-23/h8,12-14,17,20H,3-7,9-10H2,1-2H3/t12-,13+,14-/m1/s1. The van der Waals surface area contributed by atoms with Crippen molar-refractivity contribution in [1.82, 2.24) is 14.7 Å². The molecular weight excluding hydrogens is 314 g/mol. The van der Waals surface area contributed by atoms with Gasteiger partial charge < -0.3 is 10.2 Å². The number of aryl methyl sites for hydroxylation is 1. The Morgan fingerprint density at radius 2 is 2.29 bits per heavy atom. The molecule has 134 valence electrons. The highest BCUT2D eigenvalue weighted by Gasteiger charge is 2.38. The minimum absolute atomic E-state index is 0.0372. The first-order valence-corrected chi connectivity index (χ1v) is 8.88. The smallest absolute Gasteiger partial charge is 0.260 e. The normalized spacial score (nSPS) is 27.0. The molecule has 0 saturated carbocycles. The van der Waals surface area contributed by atoms with Crippen LogP contribution in [0.2, 0.25) is 0 Å². The number of rotatable bonds is 4. The van der Waals surface area contributed by atoms with Gasteiger partial charge in [0, 0.05) is 31.6 Å². The molecule has 1 aromatic rings. The first-order valence-electron chi connectivity index (χ1n) is 8.88. The van der Waals surface area contributed by atoms with Crippen LogP contribution in [0, 0.1) is 12.8 Å². The van der Waals surface area contributed by atoms with E-state index in [1.165, 1.54) is 4.68 Å². The van der Waals surface area contributed by atoms with Gasteiger partial charge in [0.05, 0.1) is 5.69 Å². The number of fused-ring (bicyclic) bond motifs is 1. The minimum Gasteiger partial charge on any atom is -0.367 e. The van der Waals surface area contributed by atoms with E-state index in [2.05, 4.69) is 10.4 Å². The number of aromatic nitrogens is 2. The molecule has 0 spiro atoms. The molecule has 1 fully saturated rings. The fourth-order valence-electron chi connectivity index (χ4n) is 3.94. The van der Waals surface area contributed by atoms with Crippen molar-refractivity contribution in [2.45, 2.75) is 64.5 Å². The number of carbonyl (C=O) groups excluding carboxylic acids is 1. The molecule has 2 aliphatic rings. The Balaban J connectivity index is 1.74. The van der Waals surface area contributed by atoms with E-state index in [4.69, 9.17) is 0 Å². The van der Waals surface area contributed by atoms with Gasteiger partial charge in [-0.3, -0.25) is 4.79 Å². The van der Waals surface area contributed by atoms with Gasteiger partial charge in [-0.2, -0.15) is 5.10 Å². The monoisotopic (exact) mass is 340 g/mol. The van der Waals surface area contributed by atoms with Crippen LogP contribution in [0.4, 0.5) is 14.6 Å². The van der Waals surface area contributed by atoms with Crippen LogP contribution in [0.15, 0.2) is 6.07 Å². The molecule has 7 heteroatoms. The van der Waals surface area contributed by atoms with Gasteiger partial charge in [0.2, 0.25) is 5.91 Å². The molecule has 3 atom stereocenters. The lowest BCUT2D eigenvalue weighted by Crippen LogP contribution is -2.48. The fourth-order valence-corrected chi connectivity index (χ4v) is 3.94. The number of hydrogen-bond acceptors (Lipinski definition) is 3. The van der Waals surface area contributed by atoms with Crippen molar-refractivity contribution in [3.05, 3.63) is 11.8 Å². The van der Waals surface area contributed by atoms with Gasteiger partial charge in [0.1, 0.15) is 11.9 Å². The second kappa shape index (κ2) is 7.07. The third kappa shape index (κ3) is 3.39. The van der Waals surface area contributed by atoms with Crippen LogP contribution < -0.4 is 5.32 Å². The van der Waals surface area contributed by atoms with E-state index >= 15 is 0 Å². The van der Waals surface area contributed by atoms with Gasteiger partial charge in [-0.25, -0.2) is 13.5 Å². The maximum atomic E-state index is 13.5. The first kappa shape index (κ1) is 17.2. The van der Waals surface area contributed by atoms with E-state index in [0.717, 1.165) is 31.5 Å². The number of nitrogens with zero attached hydrogens (tertiary/aromatic N) is 3. The number of piperidine rings is 1. The van der Waals surface area contributed by atoms with Crippen molar-refractivity contribution < 1.29 is 13.6 Å². The average Bonchev–Trinajstić information content (AvgIpc) is 2.94. The molecule has 3 heterocycles. The Hall–Kier alpha value is -1.66. The number of hydrogen-bond donors (Lipinski definition) is 1. The quantitative estimate of drug-likeness (QED) is 0.915. The topological polar surface area (TPSA) is 50.2 Å². The Labute approximate surface area is 141 Å². The van der Waals surface area contributed by atoms with Gasteiger partial charge in [0.25, 0.3) is 6.43 Å². The van der Waals surface area contributed by atoms with Crippen LogP contribution in [0.1, 0.15) is 50.8 Å². The molecule has 1 N–H and O–H groups in total. The van der Waals surface area contributed by atoms with E-state index < -0.39 is 12.5 Å². The average molecular weight is 340 g/mol.